The van der Waals surface area contributed by atoms with Crippen LogP contribution in [-0.2, 0) is 0 Å². The Morgan fingerprint density at radius 3 is 2.95 bits per heavy atom. The molecule has 2 rings (SSSR count). The van der Waals surface area contributed by atoms with E-state index in [4.69, 9.17) is 5.73 Å². The zero-order chi connectivity index (χ0) is 14.7. The molecule has 110 valence electrons. The van der Waals surface area contributed by atoms with Crippen LogP contribution in [0.25, 0.3) is 0 Å². The van der Waals surface area contributed by atoms with Crippen LogP contribution in [0.2, 0.25) is 0 Å². The van der Waals surface area contributed by atoms with Crippen molar-refractivity contribution in [1.29, 1.82) is 0 Å². The van der Waals surface area contributed by atoms with E-state index in [-0.39, 0.29) is 11.9 Å². The van der Waals surface area contributed by atoms with Crippen molar-refractivity contribution in [3.63, 3.8) is 0 Å². The van der Waals surface area contributed by atoms with Crippen molar-refractivity contribution < 1.29 is 9.18 Å². The average molecular weight is 343 g/mol. The largest absolute Gasteiger partial charge is 0.334 e. The van der Waals surface area contributed by atoms with Crippen molar-refractivity contribution in [2.75, 3.05) is 13.1 Å². The van der Waals surface area contributed by atoms with E-state index in [0.29, 0.717) is 29.0 Å². The van der Waals surface area contributed by atoms with Gasteiger partial charge in [-0.1, -0.05) is 13.3 Å². The fourth-order valence-electron chi connectivity index (χ4n) is 2.81. The molecule has 2 atom stereocenters. The molecule has 20 heavy (non-hydrogen) atoms. The van der Waals surface area contributed by atoms with Gasteiger partial charge in [0.25, 0.3) is 5.91 Å². The van der Waals surface area contributed by atoms with E-state index in [1.165, 1.54) is 12.1 Å². The van der Waals surface area contributed by atoms with Crippen molar-refractivity contribution >= 4 is 21.8 Å². The summed E-state index contributed by atoms with van der Waals surface area (Å²) in [6.45, 7) is 3.32. The highest BCUT2D eigenvalue weighted by atomic mass is 79.9. The Morgan fingerprint density at radius 2 is 2.30 bits per heavy atom. The maximum absolute atomic E-state index is 13.4. The quantitative estimate of drug-likeness (QED) is 0.916. The number of likely N-dealkylation sites (tertiary alicyclic amines) is 1. The van der Waals surface area contributed by atoms with E-state index in [1.807, 2.05) is 0 Å². The number of nitrogens with zero attached hydrogens (tertiary/aromatic N) is 1. The van der Waals surface area contributed by atoms with Crippen molar-refractivity contribution in [3.8, 4) is 0 Å². The summed E-state index contributed by atoms with van der Waals surface area (Å²) in [5.41, 5.74) is 6.19. The molecule has 1 amide bonds. The van der Waals surface area contributed by atoms with Gasteiger partial charge in [0.1, 0.15) is 5.82 Å². The standard InChI is InChI=1S/C15H20BrFN2O/c1-2-10-5-6-19(12(7-10)9-18)15(20)13-8-11(17)3-4-14(13)16/h3-4,8,10,12H,2,5-7,9,18H2,1H3. The molecular formula is C15H20BrFN2O. The van der Waals surface area contributed by atoms with Gasteiger partial charge < -0.3 is 10.6 Å². The highest BCUT2D eigenvalue weighted by molar-refractivity contribution is 9.10. The summed E-state index contributed by atoms with van der Waals surface area (Å²) in [5, 5.41) is 0. The van der Waals surface area contributed by atoms with Gasteiger partial charge in [0.2, 0.25) is 0 Å². The van der Waals surface area contributed by atoms with Crippen LogP contribution >= 0.6 is 15.9 Å². The summed E-state index contributed by atoms with van der Waals surface area (Å²) in [5.74, 6) is 0.0919. The normalized spacial score (nSPS) is 22.9. The van der Waals surface area contributed by atoms with Crippen molar-refractivity contribution in [2.24, 2.45) is 11.7 Å². The molecular weight excluding hydrogens is 323 g/mol. The first-order valence-corrected chi connectivity index (χ1v) is 7.82. The number of benzene rings is 1. The van der Waals surface area contributed by atoms with Gasteiger partial charge >= 0.3 is 0 Å². The molecule has 1 saturated heterocycles. The van der Waals surface area contributed by atoms with Crippen LogP contribution in [0.4, 0.5) is 4.39 Å². The average Bonchev–Trinajstić information content (AvgIpc) is 2.48. The van der Waals surface area contributed by atoms with Crippen LogP contribution in [0.1, 0.15) is 36.5 Å². The molecule has 1 aromatic rings. The number of hydrogen-bond donors (Lipinski definition) is 1. The third-order valence-electron chi connectivity index (χ3n) is 4.09. The zero-order valence-electron chi connectivity index (χ0n) is 11.6. The van der Waals surface area contributed by atoms with Crippen LogP contribution in [0.3, 0.4) is 0 Å². The monoisotopic (exact) mass is 342 g/mol. The van der Waals surface area contributed by atoms with Crippen LogP contribution in [0.5, 0.6) is 0 Å². The number of hydrogen-bond acceptors (Lipinski definition) is 2. The molecule has 0 aromatic heterocycles. The van der Waals surface area contributed by atoms with Crippen molar-refractivity contribution in [3.05, 3.63) is 34.1 Å². The first kappa shape index (κ1) is 15.4. The minimum Gasteiger partial charge on any atom is -0.334 e. The van der Waals surface area contributed by atoms with Gasteiger partial charge in [0.15, 0.2) is 0 Å². The summed E-state index contributed by atoms with van der Waals surface area (Å²) in [6, 6.07) is 4.24. The third-order valence-corrected chi connectivity index (χ3v) is 4.79. The maximum atomic E-state index is 13.4. The highest BCUT2D eigenvalue weighted by Crippen LogP contribution is 2.28. The Hall–Kier alpha value is -0.940. The van der Waals surface area contributed by atoms with Gasteiger partial charge in [-0.15, -0.1) is 0 Å². The number of rotatable bonds is 3. The Balaban J connectivity index is 2.21. The summed E-state index contributed by atoms with van der Waals surface area (Å²) in [6.07, 6.45) is 3.04. The van der Waals surface area contributed by atoms with E-state index in [0.717, 1.165) is 19.3 Å². The number of nitrogens with two attached hydrogens (primary N) is 1. The number of amides is 1. The molecule has 0 spiro atoms. The first-order valence-electron chi connectivity index (χ1n) is 7.02. The molecule has 2 unspecified atom stereocenters. The van der Waals surface area contributed by atoms with Gasteiger partial charge in [-0.05, 0) is 52.9 Å². The molecule has 1 heterocycles. The lowest BCUT2D eigenvalue weighted by Crippen LogP contribution is -2.49. The second kappa shape index (κ2) is 6.68. The van der Waals surface area contributed by atoms with Crippen molar-refractivity contribution in [1.82, 2.24) is 4.90 Å². The second-order valence-corrected chi connectivity index (χ2v) is 6.17. The fourth-order valence-corrected chi connectivity index (χ4v) is 3.23. The zero-order valence-corrected chi connectivity index (χ0v) is 13.2. The summed E-state index contributed by atoms with van der Waals surface area (Å²) >= 11 is 3.32. The molecule has 0 aliphatic carbocycles. The smallest absolute Gasteiger partial charge is 0.255 e. The Kier molecular flexibility index (Phi) is 5.16. The molecule has 0 saturated carbocycles. The van der Waals surface area contributed by atoms with Crippen molar-refractivity contribution in [2.45, 2.75) is 32.2 Å². The maximum Gasteiger partial charge on any atom is 0.255 e. The molecule has 0 radical (unpaired) electrons. The predicted molar refractivity (Wildman–Crippen MR) is 81.0 cm³/mol. The van der Waals surface area contributed by atoms with E-state index in [2.05, 4.69) is 22.9 Å². The summed E-state index contributed by atoms with van der Waals surface area (Å²) in [7, 11) is 0. The van der Waals surface area contributed by atoms with E-state index >= 15 is 0 Å². The molecule has 1 fully saturated rings. The van der Waals surface area contributed by atoms with Crippen LogP contribution < -0.4 is 5.73 Å². The minimum atomic E-state index is -0.399. The van der Waals surface area contributed by atoms with Crippen LogP contribution in [0.15, 0.2) is 22.7 Å². The van der Waals surface area contributed by atoms with Gasteiger partial charge in [0, 0.05) is 23.6 Å². The Bertz CT molecular complexity index is 495. The first-order chi connectivity index (χ1) is 9.56. The van der Waals surface area contributed by atoms with E-state index in [1.54, 1.807) is 11.0 Å². The summed E-state index contributed by atoms with van der Waals surface area (Å²) in [4.78, 5) is 14.4. The molecule has 2 N–H and O–H groups in total. The number of carbonyl (C=O) groups excluding carboxylic acids is 1. The lowest BCUT2D eigenvalue weighted by molar-refractivity contribution is 0.0557. The van der Waals surface area contributed by atoms with Gasteiger partial charge in [-0.3, -0.25) is 4.79 Å². The molecule has 3 nitrogen and oxygen atoms in total. The van der Waals surface area contributed by atoms with Gasteiger partial charge in [-0.2, -0.15) is 0 Å². The predicted octanol–water partition coefficient (Wildman–Crippen LogP) is 3.18. The Morgan fingerprint density at radius 1 is 1.55 bits per heavy atom. The molecule has 1 aliphatic rings. The van der Waals surface area contributed by atoms with Gasteiger partial charge in [0.05, 0.1) is 5.56 Å². The highest BCUT2D eigenvalue weighted by Gasteiger charge is 2.31. The van der Waals surface area contributed by atoms with Gasteiger partial charge in [-0.25, -0.2) is 4.39 Å². The number of piperidine rings is 1. The lowest BCUT2D eigenvalue weighted by atomic mass is 9.88. The topological polar surface area (TPSA) is 46.3 Å². The molecule has 5 heteroatoms. The van der Waals surface area contributed by atoms with E-state index < -0.39 is 5.82 Å². The SMILES string of the molecule is CCC1CCN(C(=O)c2cc(F)ccc2Br)C(CN)C1. The minimum absolute atomic E-state index is 0.0522. The van der Waals surface area contributed by atoms with E-state index in [9.17, 15) is 9.18 Å². The van der Waals surface area contributed by atoms with Crippen LogP contribution in [0, 0.1) is 11.7 Å². The number of carbonyl (C=O) groups is 1. The third kappa shape index (κ3) is 3.20. The van der Waals surface area contributed by atoms with Crippen LogP contribution in [-0.4, -0.2) is 29.9 Å². The lowest BCUT2D eigenvalue weighted by Gasteiger charge is -2.39. The summed E-state index contributed by atoms with van der Waals surface area (Å²) < 4.78 is 14.0. The Labute approximate surface area is 127 Å². The second-order valence-electron chi connectivity index (χ2n) is 5.31. The fraction of sp³-hybridized carbons (Fsp3) is 0.533. The molecule has 1 aliphatic heterocycles. The molecule has 1 aromatic carbocycles. The molecule has 0 bridgehead atoms. The number of halogens is 2.